The molecule has 2 rings (SSSR count). The molecule has 0 heterocycles. The molecule has 0 saturated carbocycles. The summed E-state index contributed by atoms with van der Waals surface area (Å²) in [5.41, 5.74) is 1.82. The molecule has 0 aliphatic heterocycles. The van der Waals surface area contributed by atoms with Crippen molar-refractivity contribution in [2.24, 2.45) is 0 Å². The van der Waals surface area contributed by atoms with Crippen LogP contribution in [0.15, 0.2) is 40.9 Å². The Kier molecular flexibility index (Phi) is 5.02. The number of anilines is 1. The Balaban J connectivity index is 2.29. The molecule has 19 heavy (non-hydrogen) atoms. The Morgan fingerprint density at radius 2 is 1.63 bits per heavy atom. The maximum atomic E-state index is 6.16. The number of nitrogens with one attached hydrogen (secondary N) is 1. The molecule has 1 unspecified atom stereocenters. The molecular weight excluding hydrogens is 368 g/mol. The van der Waals surface area contributed by atoms with E-state index in [1.54, 1.807) is 12.1 Å². The molecule has 0 spiro atoms. The van der Waals surface area contributed by atoms with Gasteiger partial charge in [-0.3, -0.25) is 0 Å². The van der Waals surface area contributed by atoms with Crippen LogP contribution in [0.1, 0.15) is 18.5 Å². The third-order valence-electron chi connectivity index (χ3n) is 2.74. The summed E-state index contributed by atoms with van der Waals surface area (Å²) in [5, 5.41) is 4.85. The first-order chi connectivity index (χ1) is 8.99. The van der Waals surface area contributed by atoms with Gasteiger partial charge >= 0.3 is 0 Å². The first kappa shape index (κ1) is 15.0. The number of rotatable bonds is 3. The minimum atomic E-state index is 0.0618. The van der Waals surface area contributed by atoms with Gasteiger partial charge in [-0.2, -0.15) is 0 Å². The molecule has 0 saturated heterocycles. The second kappa shape index (κ2) is 6.36. The maximum Gasteiger partial charge on any atom is 0.0724 e. The van der Waals surface area contributed by atoms with E-state index in [-0.39, 0.29) is 6.04 Å². The number of hydrogen-bond acceptors (Lipinski definition) is 1. The van der Waals surface area contributed by atoms with Crippen LogP contribution in [0, 0.1) is 0 Å². The normalized spacial score (nSPS) is 12.3. The van der Waals surface area contributed by atoms with E-state index in [1.165, 1.54) is 0 Å². The lowest BCUT2D eigenvalue weighted by atomic mass is 10.1. The lowest BCUT2D eigenvalue weighted by molar-refractivity contribution is 0.879. The molecule has 1 N–H and O–H groups in total. The van der Waals surface area contributed by atoms with E-state index >= 15 is 0 Å². The van der Waals surface area contributed by atoms with Crippen LogP contribution in [-0.4, -0.2) is 0 Å². The van der Waals surface area contributed by atoms with Crippen molar-refractivity contribution < 1.29 is 0 Å². The zero-order valence-corrected chi connectivity index (χ0v) is 13.9. The molecular formula is C14H11BrCl3N. The van der Waals surface area contributed by atoms with Crippen LogP contribution >= 0.6 is 50.7 Å². The average Bonchev–Trinajstić information content (AvgIpc) is 2.34. The van der Waals surface area contributed by atoms with Gasteiger partial charge in [0.1, 0.15) is 0 Å². The van der Waals surface area contributed by atoms with Gasteiger partial charge in [0.15, 0.2) is 0 Å². The van der Waals surface area contributed by atoms with Crippen LogP contribution in [-0.2, 0) is 0 Å². The number of benzene rings is 2. The highest BCUT2D eigenvalue weighted by atomic mass is 79.9. The molecule has 0 amide bonds. The van der Waals surface area contributed by atoms with E-state index in [1.807, 2.05) is 31.2 Å². The van der Waals surface area contributed by atoms with Gasteiger partial charge < -0.3 is 5.32 Å². The van der Waals surface area contributed by atoms with Gasteiger partial charge in [-0.25, -0.2) is 0 Å². The van der Waals surface area contributed by atoms with E-state index in [2.05, 4.69) is 21.2 Å². The Bertz CT molecular complexity index is 578. The zero-order chi connectivity index (χ0) is 14.0. The number of halogens is 4. The van der Waals surface area contributed by atoms with Crippen molar-refractivity contribution in [3.8, 4) is 0 Å². The fourth-order valence-corrected chi connectivity index (χ4v) is 3.35. The van der Waals surface area contributed by atoms with E-state index in [4.69, 9.17) is 34.8 Å². The molecule has 0 bridgehead atoms. The summed E-state index contributed by atoms with van der Waals surface area (Å²) in [5.74, 6) is 0. The van der Waals surface area contributed by atoms with Gasteiger partial charge in [0.2, 0.25) is 0 Å². The van der Waals surface area contributed by atoms with E-state index in [0.29, 0.717) is 20.8 Å². The third-order valence-corrected chi connectivity index (χ3v) is 4.28. The van der Waals surface area contributed by atoms with Crippen LogP contribution in [0.4, 0.5) is 5.69 Å². The zero-order valence-electron chi connectivity index (χ0n) is 10.1. The standard InChI is InChI=1S/C14H11BrCl3N/c1-8(10-4-2-3-5-11(10)15)19-14-12(17)6-9(16)7-13(14)18/h2-8,19H,1H3. The monoisotopic (exact) mass is 377 g/mol. The van der Waals surface area contributed by atoms with E-state index < -0.39 is 0 Å². The van der Waals surface area contributed by atoms with E-state index in [9.17, 15) is 0 Å². The molecule has 0 aliphatic rings. The van der Waals surface area contributed by atoms with Gasteiger partial charge in [0.05, 0.1) is 15.7 Å². The first-order valence-electron chi connectivity index (χ1n) is 5.64. The summed E-state index contributed by atoms with van der Waals surface area (Å²) in [4.78, 5) is 0. The lowest BCUT2D eigenvalue weighted by Gasteiger charge is -2.19. The van der Waals surface area contributed by atoms with E-state index in [0.717, 1.165) is 10.0 Å². The van der Waals surface area contributed by atoms with Gasteiger partial charge in [-0.15, -0.1) is 0 Å². The fraction of sp³-hybridized carbons (Fsp3) is 0.143. The van der Waals surface area contributed by atoms with Crippen LogP contribution in [0.3, 0.4) is 0 Å². The van der Waals surface area contributed by atoms with Crippen molar-refractivity contribution in [3.63, 3.8) is 0 Å². The Morgan fingerprint density at radius 3 is 2.21 bits per heavy atom. The van der Waals surface area contributed by atoms with Crippen LogP contribution in [0.25, 0.3) is 0 Å². The van der Waals surface area contributed by atoms with Gasteiger partial charge in [0, 0.05) is 15.5 Å². The summed E-state index contributed by atoms with van der Waals surface area (Å²) < 4.78 is 1.04. The smallest absolute Gasteiger partial charge is 0.0724 e. The highest BCUT2D eigenvalue weighted by molar-refractivity contribution is 9.10. The van der Waals surface area contributed by atoms with Gasteiger partial charge in [0.25, 0.3) is 0 Å². The predicted octanol–water partition coefficient (Wildman–Crippen LogP) is 6.58. The third kappa shape index (κ3) is 3.57. The molecule has 1 atom stereocenters. The summed E-state index contributed by atoms with van der Waals surface area (Å²) >= 11 is 21.8. The van der Waals surface area contributed by atoms with Crippen LogP contribution < -0.4 is 5.32 Å². The molecule has 100 valence electrons. The Morgan fingerprint density at radius 1 is 1.05 bits per heavy atom. The highest BCUT2D eigenvalue weighted by Gasteiger charge is 2.13. The first-order valence-corrected chi connectivity index (χ1v) is 7.57. The molecule has 0 aromatic heterocycles. The van der Waals surface area contributed by atoms with Crippen molar-refractivity contribution in [2.75, 3.05) is 5.32 Å². The van der Waals surface area contributed by atoms with Crippen molar-refractivity contribution in [2.45, 2.75) is 13.0 Å². The minimum Gasteiger partial charge on any atom is -0.376 e. The van der Waals surface area contributed by atoms with Crippen molar-refractivity contribution in [3.05, 3.63) is 61.5 Å². The van der Waals surface area contributed by atoms with Crippen molar-refractivity contribution in [1.29, 1.82) is 0 Å². The summed E-state index contributed by atoms with van der Waals surface area (Å²) in [6, 6.07) is 11.4. The topological polar surface area (TPSA) is 12.0 Å². The van der Waals surface area contributed by atoms with Gasteiger partial charge in [-0.05, 0) is 30.7 Å². The van der Waals surface area contributed by atoms with Crippen LogP contribution in [0.5, 0.6) is 0 Å². The summed E-state index contributed by atoms with van der Waals surface area (Å²) in [6.07, 6.45) is 0. The Labute approximate surface area is 136 Å². The number of hydrogen-bond donors (Lipinski definition) is 1. The lowest BCUT2D eigenvalue weighted by Crippen LogP contribution is -2.08. The predicted molar refractivity (Wildman–Crippen MR) is 87.7 cm³/mol. The molecule has 5 heteroatoms. The summed E-state index contributed by atoms with van der Waals surface area (Å²) in [7, 11) is 0. The van der Waals surface area contributed by atoms with Gasteiger partial charge in [-0.1, -0.05) is 68.9 Å². The van der Waals surface area contributed by atoms with Crippen LogP contribution in [0.2, 0.25) is 15.1 Å². The molecule has 0 aliphatic carbocycles. The highest BCUT2D eigenvalue weighted by Crippen LogP contribution is 2.36. The molecule has 0 fully saturated rings. The minimum absolute atomic E-state index is 0.0618. The molecule has 2 aromatic carbocycles. The molecule has 0 radical (unpaired) electrons. The SMILES string of the molecule is CC(Nc1c(Cl)cc(Cl)cc1Cl)c1ccccc1Br. The van der Waals surface area contributed by atoms with Crippen molar-refractivity contribution in [1.82, 2.24) is 0 Å². The van der Waals surface area contributed by atoms with Crippen molar-refractivity contribution >= 4 is 56.4 Å². The summed E-state index contributed by atoms with van der Waals surface area (Å²) in [6.45, 7) is 2.04. The Hall–Kier alpha value is -0.410. The maximum absolute atomic E-state index is 6.16. The largest absolute Gasteiger partial charge is 0.376 e. The molecule has 1 nitrogen and oxygen atoms in total. The quantitative estimate of drug-likeness (QED) is 0.635. The second-order valence-corrected chi connectivity index (χ2v) is 6.24. The molecule has 2 aromatic rings. The second-order valence-electron chi connectivity index (χ2n) is 4.13. The fourth-order valence-electron chi connectivity index (χ4n) is 1.80. The average molecular weight is 380 g/mol.